The van der Waals surface area contributed by atoms with E-state index in [4.69, 9.17) is 5.41 Å². The lowest BCUT2D eigenvalue weighted by molar-refractivity contribution is -0.291. The van der Waals surface area contributed by atoms with Gasteiger partial charge < -0.3 is 4.90 Å². The number of hydrogen-bond acceptors (Lipinski definition) is 6. The van der Waals surface area contributed by atoms with Gasteiger partial charge in [-0.05, 0) is 44.0 Å². The van der Waals surface area contributed by atoms with Crippen LogP contribution in [0.1, 0.15) is 18.1 Å². The molecule has 1 aromatic carbocycles. The molecule has 0 spiro atoms. The number of benzene rings is 1. The molecule has 1 atom stereocenters. The van der Waals surface area contributed by atoms with Crippen molar-refractivity contribution in [2.45, 2.75) is 26.5 Å². The first-order valence-electron chi connectivity index (χ1n) is 7.36. The Morgan fingerprint density at radius 3 is 2.50 bits per heavy atom. The molecule has 0 radical (unpaired) electrons. The molecule has 0 aromatic heterocycles. The molecule has 2 heterocycles. The van der Waals surface area contributed by atoms with E-state index in [-0.39, 0.29) is 5.84 Å². The molecule has 1 unspecified atom stereocenters. The van der Waals surface area contributed by atoms with E-state index in [1.54, 1.807) is 6.92 Å². The highest BCUT2D eigenvalue weighted by atomic mass is 17.1. The van der Waals surface area contributed by atoms with Crippen LogP contribution in [0.25, 0.3) is 0 Å². The quantitative estimate of drug-likeness (QED) is 0.333. The zero-order valence-corrected chi connectivity index (χ0v) is 13.5. The van der Waals surface area contributed by atoms with Crippen LogP contribution >= 0.6 is 0 Å². The van der Waals surface area contributed by atoms with E-state index >= 15 is 0 Å². The number of anilines is 2. The maximum Gasteiger partial charge on any atom is 0.349 e. The molecule has 0 fully saturated rings. The average Bonchev–Trinajstić information content (AvgIpc) is 2.54. The number of urea groups is 1. The van der Waals surface area contributed by atoms with Gasteiger partial charge in [0.15, 0.2) is 5.84 Å². The number of amidine groups is 1. The van der Waals surface area contributed by atoms with Crippen LogP contribution < -0.4 is 15.1 Å². The summed E-state index contributed by atoms with van der Waals surface area (Å²) in [4.78, 5) is 35.4. The van der Waals surface area contributed by atoms with Gasteiger partial charge in [0.2, 0.25) is 0 Å². The van der Waals surface area contributed by atoms with Gasteiger partial charge in [-0.25, -0.2) is 10.1 Å². The van der Waals surface area contributed by atoms with Crippen molar-refractivity contribution in [1.82, 2.24) is 5.32 Å². The van der Waals surface area contributed by atoms with Crippen molar-refractivity contribution < 1.29 is 19.7 Å². The Kier molecular flexibility index (Phi) is 3.61. The molecule has 0 bridgehead atoms. The minimum Gasteiger partial charge on any atom is -0.325 e. The van der Waals surface area contributed by atoms with Gasteiger partial charge >= 0.3 is 11.8 Å². The smallest absolute Gasteiger partial charge is 0.325 e. The number of aliphatic imine (C=N–C) groups is 1. The molecule has 3 amide bonds. The number of hydrogen-bond donors (Lipinski definition) is 3. The van der Waals surface area contributed by atoms with Crippen molar-refractivity contribution in [2.24, 2.45) is 4.99 Å². The van der Waals surface area contributed by atoms with E-state index in [0.717, 1.165) is 17.5 Å². The van der Waals surface area contributed by atoms with Gasteiger partial charge in [0.25, 0.3) is 5.91 Å². The minimum atomic E-state index is -2.03. The molecule has 24 heavy (non-hydrogen) atoms. The van der Waals surface area contributed by atoms with Gasteiger partial charge in [0.1, 0.15) is 0 Å². The van der Waals surface area contributed by atoms with E-state index < -0.39 is 17.7 Å². The molecule has 2 aliphatic heterocycles. The second-order valence-electron chi connectivity index (χ2n) is 5.60. The highest BCUT2D eigenvalue weighted by Crippen LogP contribution is 2.43. The molecule has 9 nitrogen and oxygen atoms in total. The molecule has 126 valence electrons. The Labute approximate surface area is 138 Å². The number of nitrogens with zero attached hydrogens (tertiary/aromatic N) is 3. The van der Waals surface area contributed by atoms with Crippen molar-refractivity contribution in [3.8, 4) is 0 Å². The number of fused-ring (bicyclic) bond motifs is 2. The first-order chi connectivity index (χ1) is 11.4. The van der Waals surface area contributed by atoms with E-state index in [1.807, 2.05) is 31.3 Å². The summed E-state index contributed by atoms with van der Waals surface area (Å²) in [5, 5.41) is 19.4. The third kappa shape index (κ3) is 1.88. The fraction of sp³-hybridized carbons (Fsp3) is 0.333. The average molecular weight is 331 g/mol. The Hall–Kier alpha value is -2.78. The van der Waals surface area contributed by atoms with Gasteiger partial charge in [0.05, 0.1) is 17.7 Å². The Balaban J connectivity index is 2.39. The molecule has 2 aliphatic rings. The summed E-state index contributed by atoms with van der Waals surface area (Å²) in [5.41, 5.74) is 1.07. The van der Waals surface area contributed by atoms with Gasteiger partial charge in [-0.2, -0.15) is 9.88 Å². The van der Waals surface area contributed by atoms with Gasteiger partial charge in [-0.3, -0.25) is 20.4 Å². The van der Waals surface area contributed by atoms with Gasteiger partial charge in [-0.1, -0.05) is 0 Å². The van der Waals surface area contributed by atoms with Crippen LogP contribution in [0.15, 0.2) is 17.1 Å². The van der Waals surface area contributed by atoms with Gasteiger partial charge in [0, 0.05) is 6.54 Å². The molecule has 9 heteroatoms. The number of rotatable bonds is 3. The van der Waals surface area contributed by atoms with Crippen LogP contribution in [0, 0.1) is 19.3 Å². The Morgan fingerprint density at radius 2 is 1.96 bits per heavy atom. The number of imide groups is 1. The molecular formula is C15H17N5O4. The third-order valence-corrected chi connectivity index (χ3v) is 4.37. The number of likely N-dealkylation sites (N-methyl/N-ethyl adjacent to an activating group) is 1. The molecule has 0 aliphatic carbocycles. The van der Waals surface area contributed by atoms with Crippen LogP contribution in [0.3, 0.4) is 0 Å². The summed E-state index contributed by atoms with van der Waals surface area (Å²) in [6.45, 7) is 5.90. The fourth-order valence-electron chi connectivity index (χ4n) is 3.08. The van der Waals surface area contributed by atoms with Crippen LogP contribution in [0.5, 0.6) is 0 Å². The Bertz CT molecular complexity index is 790. The first kappa shape index (κ1) is 16.1. The number of aryl methyl sites for hydroxylation is 2. The Morgan fingerprint density at radius 1 is 1.33 bits per heavy atom. The van der Waals surface area contributed by atoms with Crippen LogP contribution in [0.4, 0.5) is 16.2 Å². The highest BCUT2D eigenvalue weighted by molar-refractivity contribution is 6.33. The van der Waals surface area contributed by atoms with Crippen LogP contribution in [0.2, 0.25) is 0 Å². The van der Waals surface area contributed by atoms with E-state index in [2.05, 4.69) is 9.88 Å². The van der Waals surface area contributed by atoms with E-state index in [1.165, 1.54) is 9.80 Å². The van der Waals surface area contributed by atoms with E-state index in [0.29, 0.717) is 17.9 Å². The summed E-state index contributed by atoms with van der Waals surface area (Å²) >= 11 is 0. The van der Waals surface area contributed by atoms with Crippen molar-refractivity contribution in [2.75, 3.05) is 16.3 Å². The summed E-state index contributed by atoms with van der Waals surface area (Å²) in [7, 11) is 0. The lowest BCUT2D eigenvalue weighted by Gasteiger charge is -2.49. The van der Waals surface area contributed by atoms with Gasteiger partial charge in [-0.15, -0.1) is 0 Å². The maximum absolute atomic E-state index is 12.5. The van der Waals surface area contributed by atoms with Crippen molar-refractivity contribution >= 4 is 35.5 Å². The fourth-order valence-corrected chi connectivity index (χ4v) is 3.08. The molecular weight excluding hydrogens is 314 g/mol. The lowest BCUT2D eigenvalue weighted by atomic mass is 9.97. The number of carbonyl (C=O) groups excluding carboxylic acids is 2. The first-order valence-corrected chi connectivity index (χ1v) is 7.36. The molecule has 0 saturated heterocycles. The van der Waals surface area contributed by atoms with Crippen LogP contribution in [-0.4, -0.2) is 41.6 Å². The molecule has 0 saturated carbocycles. The maximum atomic E-state index is 12.5. The highest BCUT2D eigenvalue weighted by Gasteiger charge is 2.59. The number of nitrogens with one attached hydrogen (secondary N) is 2. The second-order valence-corrected chi connectivity index (χ2v) is 5.60. The minimum absolute atomic E-state index is 0.175. The normalized spacial score (nSPS) is 22.6. The molecule has 3 N–H and O–H groups in total. The molecule has 3 rings (SSSR count). The van der Waals surface area contributed by atoms with Crippen molar-refractivity contribution in [1.29, 1.82) is 5.41 Å². The third-order valence-electron chi connectivity index (χ3n) is 4.37. The van der Waals surface area contributed by atoms with E-state index in [9.17, 15) is 14.8 Å². The zero-order valence-electron chi connectivity index (χ0n) is 13.5. The monoisotopic (exact) mass is 331 g/mol. The predicted octanol–water partition coefficient (Wildman–Crippen LogP) is 1.39. The standard InChI is InChI=1S/C15H17N5O4/c1-4-20-11-6-9(3)8(2)5-10(11)19(7-16)12-15(20,24-23)13(21)18-14(22)17-12/h5-7,16,23H,4H2,1-3H3,(H,18,21,22). The zero-order chi connectivity index (χ0) is 17.6. The van der Waals surface area contributed by atoms with Crippen LogP contribution in [-0.2, 0) is 9.68 Å². The topological polar surface area (TPSA) is 118 Å². The molecule has 1 aromatic rings. The van der Waals surface area contributed by atoms with Crippen molar-refractivity contribution in [3.05, 3.63) is 23.3 Å². The predicted molar refractivity (Wildman–Crippen MR) is 87.6 cm³/mol. The lowest BCUT2D eigenvalue weighted by Crippen LogP contribution is -2.73. The summed E-state index contributed by atoms with van der Waals surface area (Å²) in [6.07, 6.45) is 0.930. The number of carbonyl (C=O) groups is 2. The summed E-state index contributed by atoms with van der Waals surface area (Å²) in [6, 6.07) is 2.79. The summed E-state index contributed by atoms with van der Waals surface area (Å²) < 4.78 is 0. The van der Waals surface area contributed by atoms with Crippen molar-refractivity contribution in [3.63, 3.8) is 0 Å². The SMILES string of the molecule is CCN1c2cc(C)c(C)cc2N(C=N)C2=NC(=O)NC(=O)C21OO. The summed E-state index contributed by atoms with van der Waals surface area (Å²) in [5.74, 6) is -1.04. The largest absolute Gasteiger partial charge is 0.349 e. The second kappa shape index (κ2) is 5.39. The number of amides is 3.